The predicted octanol–water partition coefficient (Wildman–Crippen LogP) is 2.90. The molecular weight excluding hydrogens is 282 g/mol. The van der Waals surface area contributed by atoms with E-state index in [2.05, 4.69) is 4.98 Å². The molecule has 2 aromatic rings. The highest BCUT2D eigenvalue weighted by Crippen LogP contribution is 2.34. The van der Waals surface area contributed by atoms with Crippen LogP contribution in [0.5, 0.6) is 0 Å². The molecule has 4 nitrogen and oxygen atoms in total. The lowest BCUT2D eigenvalue weighted by Crippen LogP contribution is -2.18. The largest absolute Gasteiger partial charge is 0.478 e. The van der Waals surface area contributed by atoms with Crippen LogP contribution in [-0.4, -0.2) is 22.3 Å². The number of carboxylic acids is 1. The molecule has 0 fully saturated rings. The Kier molecular flexibility index (Phi) is 3.16. The third-order valence-corrected chi connectivity index (χ3v) is 2.59. The van der Waals surface area contributed by atoms with Crippen molar-refractivity contribution in [3.8, 4) is 0 Å². The zero-order valence-electron chi connectivity index (χ0n) is 9.53. The van der Waals surface area contributed by atoms with E-state index in [1.54, 1.807) is 0 Å². The molecular formula is C12H5F4NO3. The summed E-state index contributed by atoms with van der Waals surface area (Å²) >= 11 is 0. The number of nitrogens with zero attached hydrogens (tertiary/aromatic N) is 1. The second-order valence-electron chi connectivity index (χ2n) is 3.83. The van der Waals surface area contributed by atoms with Crippen molar-refractivity contribution < 1.29 is 32.3 Å². The van der Waals surface area contributed by atoms with Crippen molar-refractivity contribution in [2.45, 2.75) is 6.18 Å². The molecule has 0 bridgehead atoms. The van der Waals surface area contributed by atoms with Crippen LogP contribution in [0.4, 0.5) is 17.6 Å². The van der Waals surface area contributed by atoms with E-state index in [-0.39, 0.29) is 17.2 Å². The summed E-state index contributed by atoms with van der Waals surface area (Å²) in [6.07, 6.45) is -5.10. The third kappa shape index (κ3) is 2.20. The van der Waals surface area contributed by atoms with Gasteiger partial charge in [0, 0.05) is 10.9 Å². The molecule has 2 rings (SSSR count). The summed E-state index contributed by atoms with van der Waals surface area (Å²) in [4.78, 5) is 25.1. The van der Waals surface area contributed by atoms with Gasteiger partial charge in [0.05, 0.1) is 5.52 Å². The second kappa shape index (κ2) is 4.55. The van der Waals surface area contributed by atoms with Gasteiger partial charge in [-0.05, 0) is 18.2 Å². The lowest BCUT2D eigenvalue weighted by Gasteiger charge is -2.13. The molecule has 1 aromatic heterocycles. The molecule has 20 heavy (non-hydrogen) atoms. The van der Waals surface area contributed by atoms with Gasteiger partial charge in [0.25, 0.3) is 0 Å². The van der Waals surface area contributed by atoms with Crippen molar-refractivity contribution in [3.05, 3.63) is 40.8 Å². The summed E-state index contributed by atoms with van der Waals surface area (Å²) < 4.78 is 51.6. The highest BCUT2D eigenvalue weighted by molar-refractivity contribution is 6.07. The molecule has 0 aliphatic carbocycles. The van der Waals surface area contributed by atoms with Crippen LogP contribution in [0.15, 0.2) is 18.2 Å². The number of alkyl halides is 3. The molecule has 1 heterocycles. The first-order valence-electron chi connectivity index (χ1n) is 5.14. The number of aldehydes is 1. The van der Waals surface area contributed by atoms with Gasteiger partial charge in [-0.1, -0.05) is 0 Å². The molecule has 8 heteroatoms. The summed E-state index contributed by atoms with van der Waals surface area (Å²) in [5.74, 6) is -2.78. The third-order valence-electron chi connectivity index (χ3n) is 2.59. The van der Waals surface area contributed by atoms with Crippen LogP contribution in [0, 0.1) is 5.82 Å². The van der Waals surface area contributed by atoms with E-state index in [1.165, 1.54) is 0 Å². The molecule has 104 valence electrons. The maximum absolute atomic E-state index is 13.1. The van der Waals surface area contributed by atoms with Crippen LogP contribution in [0.3, 0.4) is 0 Å². The minimum absolute atomic E-state index is 0.0534. The predicted molar refractivity (Wildman–Crippen MR) is 59.0 cm³/mol. The fraction of sp³-hybridized carbons (Fsp3) is 0.0833. The van der Waals surface area contributed by atoms with Crippen molar-refractivity contribution in [1.29, 1.82) is 0 Å². The number of benzene rings is 1. The lowest BCUT2D eigenvalue weighted by molar-refractivity contribution is -0.141. The number of hydrogen-bond acceptors (Lipinski definition) is 3. The molecule has 0 spiro atoms. The van der Waals surface area contributed by atoms with Gasteiger partial charge in [-0.2, -0.15) is 13.2 Å². The number of carbonyl (C=O) groups excluding carboxylic acids is 1. The zero-order chi connectivity index (χ0) is 15.1. The average molecular weight is 287 g/mol. The molecule has 0 radical (unpaired) electrons. The van der Waals surface area contributed by atoms with Gasteiger partial charge in [0.1, 0.15) is 11.4 Å². The number of pyridine rings is 1. The first kappa shape index (κ1) is 13.9. The summed E-state index contributed by atoms with van der Waals surface area (Å²) in [6.45, 7) is 0. The zero-order valence-corrected chi connectivity index (χ0v) is 9.53. The van der Waals surface area contributed by atoms with Crippen LogP contribution in [0.2, 0.25) is 0 Å². The van der Waals surface area contributed by atoms with Crippen LogP contribution in [-0.2, 0) is 6.18 Å². The fourth-order valence-electron chi connectivity index (χ4n) is 1.80. The molecule has 0 saturated carbocycles. The Labute approximate surface area is 108 Å². The van der Waals surface area contributed by atoms with Gasteiger partial charge in [-0.15, -0.1) is 0 Å². The first-order valence-corrected chi connectivity index (χ1v) is 5.14. The Morgan fingerprint density at radius 3 is 2.45 bits per heavy atom. The molecule has 1 aromatic carbocycles. The summed E-state index contributed by atoms with van der Waals surface area (Å²) in [5.41, 5.74) is -4.04. The Hall–Kier alpha value is -2.51. The van der Waals surface area contributed by atoms with Gasteiger partial charge < -0.3 is 5.11 Å². The van der Waals surface area contributed by atoms with E-state index in [0.717, 1.165) is 18.2 Å². The van der Waals surface area contributed by atoms with Crippen LogP contribution in [0.25, 0.3) is 10.9 Å². The highest BCUT2D eigenvalue weighted by atomic mass is 19.4. The number of carbonyl (C=O) groups is 2. The van der Waals surface area contributed by atoms with Crippen molar-refractivity contribution >= 4 is 23.2 Å². The van der Waals surface area contributed by atoms with Gasteiger partial charge in [-0.3, -0.25) is 4.79 Å². The Balaban J connectivity index is 3.01. The number of carboxylic acid groups (broad SMARTS) is 1. The fourth-order valence-corrected chi connectivity index (χ4v) is 1.80. The average Bonchev–Trinajstić information content (AvgIpc) is 2.35. The van der Waals surface area contributed by atoms with Gasteiger partial charge in [-0.25, -0.2) is 14.2 Å². The van der Waals surface area contributed by atoms with Gasteiger partial charge in [0.15, 0.2) is 12.0 Å². The van der Waals surface area contributed by atoms with E-state index < -0.39 is 34.8 Å². The summed E-state index contributed by atoms with van der Waals surface area (Å²) in [6, 6.07) is 2.57. The second-order valence-corrected chi connectivity index (χ2v) is 3.83. The van der Waals surface area contributed by atoms with Crippen molar-refractivity contribution in [3.63, 3.8) is 0 Å². The molecule has 0 saturated heterocycles. The Bertz CT molecular complexity index is 725. The quantitative estimate of drug-likeness (QED) is 0.681. The standard InChI is InChI=1S/C12H5F4NO3/c13-5-1-2-8-6(3-5)7(4-18)9(11(19)20)10(17-8)12(14,15)16/h1-4H,(H,19,20). The number of halogens is 4. The van der Waals surface area contributed by atoms with E-state index in [9.17, 15) is 27.2 Å². The van der Waals surface area contributed by atoms with Crippen LogP contribution in [0.1, 0.15) is 26.4 Å². The van der Waals surface area contributed by atoms with Crippen molar-refractivity contribution in [2.75, 3.05) is 0 Å². The molecule has 0 aliphatic heterocycles. The maximum atomic E-state index is 13.1. The number of fused-ring (bicyclic) bond motifs is 1. The van der Waals surface area contributed by atoms with E-state index in [0.29, 0.717) is 0 Å². The Morgan fingerprint density at radius 2 is 1.95 bits per heavy atom. The highest BCUT2D eigenvalue weighted by Gasteiger charge is 2.39. The lowest BCUT2D eigenvalue weighted by atomic mass is 10.0. The van der Waals surface area contributed by atoms with Gasteiger partial charge >= 0.3 is 12.1 Å². The Morgan fingerprint density at radius 1 is 1.30 bits per heavy atom. The molecule has 0 unspecified atom stereocenters. The van der Waals surface area contributed by atoms with E-state index in [1.807, 2.05) is 0 Å². The van der Waals surface area contributed by atoms with Crippen molar-refractivity contribution in [1.82, 2.24) is 4.98 Å². The molecule has 0 amide bonds. The number of hydrogen-bond donors (Lipinski definition) is 1. The topological polar surface area (TPSA) is 67.3 Å². The van der Waals surface area contributed by atoms with Crippen molar-refractivity contribution in [2.24, 2.45) is 0 Å². The smallest absolute Gasteiger partial charge is 0.434 e. The number of rotatable bonds is 2. The summed E-state index contributed by atoms with van der Waals surface area (Å²) in [7, 11) is 0. The van der Waals surface area contributed by atoms with Crippen LogP contribution < -0.4 is 0 Å². The molecule has 0 atom stereocenters. The minimum Gasteiger partial charge on any atom is -0.478 e. The molecule has 0 aliphatic rings. The SMILES string of the molecule is O=Cc1c(C(=O)O)c(C(F)(F)F)nc2ccc(F)cc12. The van der Waals surface area contributed by atoms with Crippen LogP contribution >= 0.6 is 0 Å². The van der Waals surface area contributed by atoms with Gasteiger partial charge in [0.2, 0.25) is 0 Å². The monoisotopic (exact) mass is 287 g/mol. The van der Waals surface area contributed by atoms with E-state index >= 15 is 0 Å². The number of aromatic carboxylic acids is 1. The minimum atomic E-state index is -5.05. The maximum Gasteiger partial charge on any atom is 0.434 e. The molecule has 1 N–H and O–H groups in total. The summed E-state index contributed by atoms with van der Waals surface area (Å²) in [5, 5.41) is 8.59. The normalized spacial score (nSPS) is 11.6. The first-order chi connectivity index (χ1) is 9.25. The number of aromatic nitrogens is 1. The van der Waals surface area contributed by atoms with E-state index in [4.69, 9.17) is 5.11 Å².